The van der Waals surface area contributed by atoms with Gasteiger partial charge in [0.25, 0.3) is 10.0 Å². The largest absolute Gasteiger partial charge is 0.466 e. The lowest BCUT2D eigenvalue weighted by Crippen LogP contribution is -2.37. The molecule has 0 spiro atoms. The monoisotopic (exact) mass is 757 g/mol. The number of anilines is 1. The molecule has 13 heteroatoms. The molecule has 0 aliphatic carbocycles. The Morgan fingerprint density at radius 1 is 0.922 bits per heavy atom. The van der Waals surface area contributed by atoms with E-state index in [4.69, 9.17) is 9.47 Å². The normalized spacial score (nSPS) is 11.8. The number of aryl methyl sites for hydroxylation is 1. The number of esters is 1. The molecule has 2 aromatic carbocycles. The number of benzene rings is 2. The lowest BCUT2D eigenvalue weighted by Gasteiger charge is -2.26. The number of amides is 2. The minimum atomic E-state index is -4.39. The van der Waals surface area contributed by atoms with Crippen LogP contribution in [-0.4, -0.2) is 51.1 Å². The lowest BCUT2D eigenvalue weighted by molar-refractivity contribution is -0.143. The number of carbonyl (C=O) groups is 3. The Labute approximate surface area is 311 Å². The van der Waals surface area contributed by atoms with Gasteiger partial charge in [0.2, 0.25) is 5.91 Å². The van der Waals surface area contributed by atoms with E-state index in [0.717, 1.165) is 60.4 Å². The van der Waals surface area contributed by atoms with Crippen molar-refractivity contribution in [3.8, 4) is 11.1 Å². The van der Waals surface area contributed by atoms with Gasteiger partial charge in [-0.1, -0.05) is 81.0 Å². The van der Waals surface area contributed by atoms with Gasteiger partial charge in [-0.15, -0.1) is 23.1 Å². The maximum absolute atomic E-state index is 14.7. The molecule has 0 unspecified atom stereocenters. The van der Waals surface area contributed by atoms with E-state index in [1.165, 1.54) is 35.4 Å². The molecule has 10 nitrogen and oxygen atoms in total. The SMILES string of the molecule is CCOC(=O)CCCCCCCCCCC(=O)N(c1cccc(C)c1-c1ccccc1)S(=O)(=O)c1cc(C=NNC(=O)OC(C)(C)C)sc1SC. The molecule has 0 saturated carbocycles. The van der Waals surface area contributed by atoms with Crippen LogP contribution in [0.25, 0.3) is 11.1 Å². The van der Waals surface area contributed by atoms with Crippen molar-refractivity contribution in [2.75, 3.05) is 17.2 Å². The Morgan fingerprint density at radius 2 is 1.55 bits per heavy atom. The zero-order valence-electron chi connectivity index (χ0n) is 30.5. The molecule has 51 heavy (non-hydrogen) atoms. The first-order chi connectivity index (χ1) is 24.3. The number of carbonyl (C=O) groups excluding carboxylic acids is 3. The first-order valence-corrected chi connectivity index (χ1v) is 20.8. The van der Waals surface area contributed by atoms with Crippen molar-refractivity contribution in [3.05, 3.63) is 65.0 Å². The predicted molar refractivity (Wildman–Crippen MR) is 207 cm³/mol. The van der Waals surface area contributed by atoms with Crippen LogP contribution in [0.4, 0.5) is 10.5 Å². The van der Waals surface area contributed by atoms with E-state index in [-0.39, 0.29) is 17.3 Å². The van der Waals surface area contributed by atoms with Crippen LogP contribution in [0.1, 0.15) is 102 Å². The van der Waals surface area contributed by atoms with Crippen LogP contribution in [-0.2, 0) is 29.1 Å². The number of thiophene rings is 1. The maximum atomic E-state index is 14.7. The summed E-state index contributed by atoms with van der Waals surface area (Å²) in [5, 5.41) is 3.96. The summed E-state index contributed by atoms with van der Waals surface area (Å²) in [4.78, 5) is 38.2. The van der Waals surface area contributed by atoms with E-state index in [2.05, 4.69) is 10.5 Å². The van der Waals surface area contributed by atoms with E-state index in [0.29, 0.717) is 39.8 Å². The highest BCUT2D eigenvalue weighted by Gasteiger charge is 2.35. The molecule has 0 saturated heterocycles. The molecule has 1 heterocycles. The lowest BCUT2D eigenvalue weighted by atomic mass is 9.98. The number of nitrogens with zero attached hydrogens (tertiary/aromatic N) is 2. The zero-order valence-corrected chi connectivity index (χ0v) is 33.0. The average molecular weight is 758 g/mol. The van der Waals surface area contributed by atoms with Gasteiger partial charge in [0, 0.05) is 23.3 Å². The van der Waals surface area contributed by atoms with Crippen LogP contribution in [0, 0.1) is 6.92 Å². The van der Waals surface area contributed by atoms with E-state index in [9.17, 15) is 22.8 Å². The van der Waals surface area contributed by atoms with Crippen LogP contribution in [0.5, 0.6) is 0 Å². The van der Waals surface area contributed by atoms with E-state index in [1.807, 2.05) is 43.3 Å². The smallest absolute Gasteiger partial charge is 0.428 e. The summed E-state index contributed by atoms with van der Waals surface area (Å²) < 4.78 is 41.0. The molecule has 0 aliphatic rings. The summed E-state index contributed by atoms with van der Waals surface area (Å²) in [7, 11) is -4.39. The summed E-state index contributed by atoms with van der Waals surface area (Å²) in [5.74, 6) is -0.651. The second kappa shape index (κ2) is 20.4. The molecule has 3 rings (SSSR count). The molecule has 0 fully saturated rings. The average Bonchev–Trinajstić information content (AvgIpc) is 3.50. The number of ether oxygens (including phenoxy) is 2. The highest BCUT2D eigenvalue weighted by molar-refractivity contribution is 8.01. The fourth-order valence-electron chi connectivity index (χ4n) is 5.45. The van der Waals surface area contributed by atoms with Gasteiger partial charge in [0.05, 0.1) is 22.7 Å². The van der Waals surface area contributed by atoms with Crippen molar-refractivity contribution >= 4 is 63.0 Å². The summed E-state index contributed by atoms with van der Waals surface area (Å²) >= 11 is 2.46. The first-order valence-electron chi connectivity index (χ1n) is 17.4. The van der Waals surface area contributed by atoms with Gasteiger partial charge in [-0.3, -0.25) is 9.59 Å². The fourth-order valence-corrected chi connectivity index (χ4v) is 9.52. The van der Waals surface area contributed by atoms with E-state index in [1.54, 1.807) is 46.1 Å². The number of sulfonamides is 1. The van der Waals surface area contributed by atoms with Crippen molar-refractivity contribution in [1.29, 1.82) is 0 Å². The number of unbranched alkanes of at least 4 members (excludes halogenated alkanes) is 7. The van der Waals surface area contributed by atoms with Crippen LogP contribution in [0.2, 0.25) is 0 Å². The molecular formula is C38H51N3O7S3. The Hall–Kier alpha value is -3.68. The Morgan fingerprint density at radius 3 is 2.16 bits per heavy atom. The number of hydrazone groups is 1. The van der Waals surface area contributed by atoms with Gasteiger partial charge in [-0.2, -0.15) is 5.10 Å². The topological polar surface area (TPSA) is 131 Å². The highest BCUT2D eigenvalue weighted by atomic mass is 32.2. The Balaban J connectivity index is 1.82. The first kappa shape index (κ1) is 41.7. The zero-order chi connectivity index (χ0) is 37.4. The minimum absolute atomic E-state index is 0.00413. The highest BCUT2D eigenvalue weighted by Crippen LogP contribution is 2.41. The van der Waals surface area contributed by atoms with Gasteiger partial charge >= 0.3 is 12.1 Å². The van der Waals surface area contributed by atoms with Gasteiger partial charge in [0.1, 0.15) is 10.5 Å². The van der Waals surface area contributed by atoms with Gasteiger partial charge in [-0.25, -0.2) is 22.9 Å². The maximum Gasteiger partial charge on any atom is 0.428 e. The minimum Gasteiger partial charge on any atom is -0.466 e. The van der Waals surface area contributed by atoms with Crippen molar-refractivity contribution < 1.29 is 32.3 Å². The van der Waals surface area contributed by atoms with Gasteiger partial charge in [0.15, 0.2) is 0 Å². The molecule has 0 atom stereocenters. The van der Waals surface area contributed by atoms with Gasteiger partial charge in [-0.05, 0) is 77.0 Å². The summed E-state index contributed by atoms with van der Waals surface area (Å²) in [5.41, 5.74) is 4.22. The fraction of sp³-hybridized carbons (Fsp3) is 0.474. The van der Waals surface area contributed by atoms with Crippen molar-refractivity contribution in [3.63, 3.8) is 0 Å². The van der Waals surface area contributed by atoms with Crippen LogP contribution >= 0.6 is 23.1 Å². The van der Waals surface area contributed by atoms with Gasteiger partial charge < -0.3 is 9.47 Å². The predicted octanol–water partition coefficient (Wildman–Crippen LogP) is 9.49. The molecular weight excluding hydrogens is 707 g/mol. The molecule has 1 N–H and O–H groups in total. The Bertz CT molecular complexity index is 1730. The van der Waals surface area contributed by atoms with Crippen molar-refractivity contribution in [1.82, 2.24) is 5.43 Å². The second-order valence-corrected chi connectivity index (χ2v) is 16.9. The van der Waals surface area contributed by atoms with Crippen LogP contribution in [0.15, 0.2) is 68.8 Å². The molecule has 278 valence electrons. The molecule has 0 radical (unpaired) electrons. The van der Waals surface area contributed by atoms with E-state index < -0.39 is 27.6 Å². The van der Waals surface area contributed by atoms with E-state index >= 15 is 0 Å². The Kier molecular flexibility index (Phi) is 16.7. The number of hydrogen-bond acceptors (Lipinski definition) is 10. The number of rotatable bonds is 19. The molecule has 3 aromatic rings. The molecule has 2 amide bonds. The van der Waals surface area contributed by atoms with Crippen molar-refractivity contribution in [2.45, 2.75) is 114 Å². The number of nitrogens with one attached hydrogen (secondary N) is 1. The summed E-state index contributed by atoms with van der Waals surface area (Å²) in [6, 6.07) is 16.3. The summed E-state index contributed by atoms with van der Waals surface area (Å²) in [6.07, 6.45) is 10.1. The van der Waals surface area contributed by atoms with Crippen LogP contribution in [0.3, 0.4) is 0 Å². The standard InChI is InChI=1S/C38H51N3O7S3/c1-7-47-34(43)25-18-13-11-9-8-10-12-17-24-33(42)41(31-23-19-20-28(2)35(31)29-21-15-14-16-22-29)51(45,46)32-26-30(50-36(32)49-6)27-39-40-37(44)48-38(3,4)5/h14-16,19-23,26-27H,7-13,17-18,24-25H2,1-6H3,(H,40,44). The third-order valence-corrected chi connectivity index (χ3v) is 11.9. The van der Waals surface area contributed by atoms with Crippen LogP contribution < -0.4 is 9.73 Å². The quantitative estimate of drug-likeness (QED) is 0.0421. The molecule has 0 aliphatic heterocycles. The number of thioether (sulfide) groups is 1. The van der Waals surface area contributed by atoms with Crippen molar-refractivity contribution in [2.24, 2.45) is 5.10 Å². The second-order valence-electron chi connectivity index (χ2n) is 13.0. The molecule has 0 bridgehead atoms. The summed E-state index contributed by atoms with van der Waals surface area (Å²) in [6.45, 7) is 9.33. The third kappa shape index (κ3) is 13.1. The number of hydrogen-bond donors (Lipinski definition) is 1. The third-order valence-electron chi connectivity index (χ3n) is 7.72. The molecule has 1 aromatic heterocycles.